The summed E-state index contributed by atoms with van der Waals surface area (Å²) in [4.78, 5) is 2.46. The first-order valence-corrected chi connectivity index (χ1v) is 8.28. The van der Waals surface area contributed by atoms with Gasteiger partial charge in [0.15, 0.2) is 9.79 Å². The second-order valence-electron chi connectivity index (χ2n) is 4.79. The van der Waals surface area contributed by atoms with Crippen molar-refractivity contribution in [3.05, 3.63) is 96.3 Å². The lowest BCUT2D eigenvalue weighted by Crippen LogP contribution is -2.07. The second-order valence-corrected chi connectivity index (χ2v) is 6.80. The van der Waals surface area contributed by atoms with Gasteiger partial charge in [0.25, 0.3) is 0 Å². The van der Waals surface area contributed by atoms with Gasteiger partial charge in [0.2, 0.25) is 0 Å². The molecular weight excluding hydrogens is 279 g/mol. The molecule has 0 aliphatic heterocycles. The van der Waals surface area contributed by atoms with E-state index in [9.17, 15) is 4.39 Å². The molecule has 0 N–H and O–H groups in total. The third-order valence-electron chi connectivity index (χ3n) is 3.28. The van der Waals surface area contributed by atoms with Crippen molar-refractivity contribution in [2.75, 3.05) is 0 Å². The largest absolute Gasteiger partial charge is 0.207 e. The summed E-state index contributed by atoms with van der Waals surface area (Å²) in [5, 5.41) is 0. The Bertz CT molecular complexity index is 678. The minimum atomic E-state index is -0.185. The molecule has 0 saturated heterocycles. The quantitative estimate of drug-likeness (QED) is 0.590. The summed E-state index contributed by atoms with van der Waals surface area (Å²) in [6.45, 7) is 0. The van der Waals surface area contributed by atoms with Gasteiger partial charge in [-0.05, 0) is 36.4 Å². The number of benzene rings is 3. The second kappa shape index (κ2) is 6.59. The van der Waals surface area contributed by atoms with Crippen LogP contribution in [0, 0.1) is 5.82 Å². The molecule has 0 spiro atoms. The van der Waals surface area contributed by atoms with Crippen LogP contribution in [0.4, 0.5) is 4.39 Å². The molecule has 0 heterocycles. The van der Waals surface area contributed by atoms with Crippen LogP contribution in [-0.4, -0.2) is 0 Å². The third kappa shape index (κ3) is 3.53. The van der Waals surface area contributed by atoms with Gasteiger partial charge in [-0.15, -0.1) is 0 Å². The SMILES string of the molecule is Fc1ccc([S+](Cc2ccccc2)c2ccccc2)cc1. The summed E-state index contributed by atoms with van der Waals surface area (Å²) in [5.74, 6) is 0.756. The van der Waals surface area contributed by atoms with E-state index in [1.165, 1.54) is 15.4 Å². The van der Waals surface area contributed by atoms with Crippen LogP contribution >= 0.6 is 0 Å². The predicted molar refractivity (Wildman–Crippen MR) is 86.9 cm³/mol. The van der Waals surface area contributed by atoms with Gasteiger partial charge in [-0.3, -0.25) is 0 Å². The van der Waals surface area contributed by atoms with E-state index in [0.717, 1.165) is 5.75 Å². The highest BCUT2D eigenvalue weighted by molar-refractivity contribution is 7.96. The Morgan fingerprint density at radius 2 is 1.14 bits per heavy atom. The van der Waals surface area contributed by atoms with Gasteiger partial charge in [0.1, 0.15) is 11.6 Å². The van der Waals surface area contributed by atoms with Crippen molar-refractivity contribution in [3.63, 3.8) is 0 Å². The molecule has 0 aromatic heterocycles. The van der Waals surface area contributed by atoms with E-state index < -0.39 is 0 Å². The Kier molecular flexibility index (Phi) is 4.37. The van der Waals surface area contributed by atoms with Crippen LogP contribution in [0.15, 0.2) is 94.7 Å². The van der Waals surface area contributed by atoms with Crippen molar-refractivity contribution in [1.82, 2.24) is 0 Å². The van der Waals surface area contributed by atoms with Gasteiger partial charge >= 0.3 is 0 Å². The van der Waals surface area contributed by atoms with Crippen molar-refractivity contribution in [2.24, 2.45) is 0 Å². The van der Waals surface area contributed by atoms with Crippen LogP contribution in [0.5, 0.6) is 0 Å². The maximum atomic E-state index is 13.2. The molecule has 0 aliphatic carbocycles. The molecule has 1 atom stereocenters. The van der Waals surface area contributed by atoms with Gasteiger partial charge < -0.3 is 0 Å². The van der Waals surface area contributed by atoms with Crippen LogP contribution in [-0.2, 0) is 16.6 Å². The van der Waals surface area contributed by atoms with Crippen molar-refractivity contribution >= 4 is 10.9 Å². The minimum absolute atomic E-state index is 0.0772. The number of halogens is 1. The summed E-state index contributed by atoms with van der Waals surface area (Å²) in [5.41, 5.74) is 1.30. The molecule has 0 amide bonds. The van der Waals surface area contributed by atoms with E-state index in [1.54, 1.807) is 12.1 Å². The molecule has 0 saturated carbocycles. The van der Waals surface area contributed by atoms with Gasteiger partial charge in [-0.1, -0.05) is 48.5 Å². The maximum Gasteiger partial charge on any atom is 0.161 e. The molecule has 3 rings (SSSR count). The van der Waals surface area contributed by atoms with Crippen LogP contribution in [0.1, 0.15) is 5.56 Å². The fourth-order valence-electron chi connectivity index (χ4n) is 2.23. The highest BCUT2D eigenvalue weighted by Crippen LogP contribution is 2.27. The molecule has 3 aromatic carbocycles. The summed E-state index contributed by atoms with van der Waals surface area (Å²) < 4.78 is 13.2. The first-order chi connectivity index (χ1) is 10.3. The Morgan fingerprint density at radius 3 is 1.76 bits per heavy atom. The van der Waals surface area contributed by atoms with Crippen molar-refractivity contribution in [2.45, 2.75) is 15.5 Å². The highest BCUT2D eigenvalue weighted by atomic mass is 32.2. The van der Waals surface area contributed by atoms with E-state index in [1.807, 2.05) is 24.3 Å². The van der Waals surface area contributed by atoms with E-state index in [0.29, 0.717) is 0 Å². The lowest BCUT2D eigenvalue weighted by molar-refractivity contribution is 0.626. The van der Waals surface area contributed by atoms with Gasteiger partial charge in [-0.25, -0.2) is 4.39 Å². The Morgan fingerprint density at radius 1 is 0.619 bits per heavy atom. The van der Waals surface area contributed by atoms with Crippen LogP contribution < -0.4 is 0 Å². The molecule has 1 unspecified atom stereocenters. The maximum absolute atomic E-state index is 13.2. The van der Waals surface area contributed by atoms with E-state index in [-0.39, 0.29) is 16.7 Å². The zero-order chi connectivity index (χ0) is 14.5. The molecule has 104 valence electrons. The van der Waals surface area contributed by atoms with Gasteiger partial charge in [0.05, 0.1) is 10.9 Å². The molecule has 0 fully saturated rings. The molecule has 0 radical (unpaired) electrons. The fourth-order valence-corrected chi connectivity index (χ4v) is 4.31. The lowest BCUT2D eigenvalue weighted by atomic mass is 10.2. The third-order valence-corrected chi connectivity index (χ3v) is 5.58. The Balaban J connectivity index is 1.97. The molecule has 0 bridgehead atoms. The minimum Gasteiger partial charge on any atom is -0.207 e. The summed E-state index contributed by atoms with van der Waals surface area (Å²) >= 11 is 0. The Labute approximate surface area is 127 Å². The summed E-state index contributed by atoms with van der Waals surface area (Å²) in [6.07, 6.45) is 0. The van der Waals surface area contributed by atoms with Crippen LogP contribution in [0.2, 0.25) is 0 Å². The number of rotatable bonds is 4. The zero-order valence-corrected chi connectivity index (χ0v) is 12.4. The average molecular weight is 295 g/mol. The first kappa shape index (κ1) is 13.9. The lowest BCUT2D eigenvalue weighted by Gasteiger charge is -2.08. The topological polar surface area (TPSA) is 0 Å². The standard InChI is InChI=1S/C19H16FS/c20-17-11-13-19(14-12-17)21(18-9-5-2-6-10-18)15-16-7-3-1-4-8-16/h1-14H,15H2/q+1. The molecule has 0 aliphatic rings. The molecule has 3 aromatic rings. The average Bonchev–Trinajstić information content (AvgIpc) is 2.55. The van der Waals surface area contributed by atoms with Gasteiger partial charge in [-0.2, -0.15) is 0 Å². The van der Waals surface area contributed by atoms with Crippen molar-refractivity contribution in [3.8, 4) is 0 Å². The summed E-state index contributed by atoms with van der Waals surface area (Å²) in [7, 11) is -0.0772. The highest BCUT2D eigenvalue weighted by Gasteiger charge is 2.25. The van der Waals surface area contributed by atoms with Crippen molar-refractivity contribution in [1.29, 1.82) is 0 Å². The normalized spacial score (nSPS) is 12.0. The summed E-state index contributed by atoms with van der Waals surface area (Å²) in [6, 6.07) is 27.8. The fraction of sp³-hybridized carbons (Fsp3) is 0.0526. The molecule has 21 heavy (non-hydrogen) atoms. The van der Waals surface area contributed by atoms with E-state index >= 15 is 0 Å². The molecule has 0 nitrogen and oxygen atoms in total. The molecular formula is C19H16FS+. The molecule has 2 heteroatoms. The van der Waals surface area contributed by atoms with E-state index in [2.05, 4.69) is 48.5 Å². The number of hydrogen-bond donors (Lipinski definition) is 0. The van der Waals surface area contributed by atoms with Crippen molar-refractivity contribution < 1.29 is 4.39 Å². The van der Waals surface area contributed by atoms with Crippen LogP contribution in [0.3, 0.4) is 0 Å². The Hall–Kier alpha value is -2.06. The smallest absolute Gasteiger partial charge is 0.161 e. The van der Waals surface area contributed by atoms with E-state index in [4.69, 9.17) is 0 Å². The van der Waals surface area contributed by atoms with Gasteiger partial charge in [0, 0.05) is 5.56 Å². The van der Waals surface area contributed by atoms with Crippen LogP contribution in [0.25, 0.3) is 0 Å². The number of hydrogen-bond acceptors (Lipinski definition) is 0. The zero-order valence-electron chi connectivity index (χ0n) is 11.6. The predicted octanol–water partition coefficient (Wildman–Crippen LogP) is 5.06. The monoisotopic (exact) mass is 295 g/mol. The first-order valence-electron chi connectivity index (χ1n) is 6.88.